The van der Waals surface area contributed by atoms with Crippen LogP contribution < -0.4 is 10.6 Å². The lowest BCUT2D eigenvalue weighted by Gasteiger charge is -2.19. The van der Waals surface area contributed by atoms with Gasteiger partial charge in [-0.15, -0.1) is 0 Å². The standard InChI is InChI=1S/C25H24N4O5/c1-15(2)14-34-25(31)26-17-7-5-6-16(12-17)24(30)28-23-19-8-3-4-9-21(19)27-22-13-18(29(32)33)10-11-20(22)23/h3-13,15,24,30H,14H2,1-2H3,(H,26,31)(H,27,28). The number of nitrogens with zero attached hydrogens (tertiary/aromatic N) is 2. The van der Waals surface area contributed by atoms with Crippen LogP contribution in [0.2, 0.25) is 0 Å². The average Bonchev–Trinajstić information content (AvgIpc) is 2.82. The van der Waals surface area contributed by atoms with E-state index >= 15 is 0 Å². The van der Waals surface area contributed by atoms with E-state index in [-0.39, 0.29) is 11.6 Å². The van der Waals surface area contributed by atoms with Gasteiger partial charge < -0.3 is 15.2 Å². The van der Waals surface area contributed by atoms with E-state index < -0.39 is 17.2 Å². The summed E-state index contributed by atoms with van der Waals surface area (Å²) in [5.41, 5.74) is 2.59. The van der Waals surface area contributed by atoms with E-state index in [1.54, 1.807) is 36.4 Å². The molecule has 4 aromatic rings. The number of carbonyl (C=O) groups excluding carboxylic acids is 1. The Bertz CT molecular complexity index is 1370. The van der Waals surface area contributed by atoms with Crippen molar-refractivity contribution in [1.82, 2.24) is 4.98 Å². The summed E-state index contributed by atoms with van der Waals surface area (Å²) in [5, 5.41) is 29.4. The topological polar surface area (TPSA) is 127 Å². The zero-order chi connectivity index (χ0) is 24.2. The zero-order valence-corrected chi connectivity index (χ0v) is 18.7. The second-order valence-corrected chi connectivity index (χ2v) is 8.25. The van der Waals surface area contributed by atoms with Gasteiger partial charge in [-0.25, -0.2) is 9.78 Å². The second-order valence-electron chi connectivity index (χ2n) is 8.25. The normalized spacial score (nSPS) is 12.0. The fourth-order valence-electron chi connectivity index (χ4n) is 3.55. The number of nitro groups is 1. The van der Waals surface area contributed by atoms with Crippen molar-refractivity contribution in [3.63, 3.8) is 0 Å². The largest absolute Gasteiger partial charge is 0.449 e. The molecule has 1 amide bonds. The fraction of sp³-hybridized carbons (Fsp3) is 0.200. The maximum Gasteiger partial charge on any atom is 0.411 e. The molecule has 0 bridgehead atoms. The molecule has 0 saturated carbocycles. The number of amides is 1. The molecule has 0 aliphatic heterocycles. The van der Waals surface area contributed by atoms with Crippen molar-refractivity contribution >= 4 is 45.0 Å². The molecule has 4 rings (SSSR count). The number of aliphatic hydroxyl groups is 1. The lowest BCUT2D eigenvalue weighted by molar-refractivity contribution is -0.384. The Morgan fingerprint density at radius 3 is 2.59 bits per heavy atom. The summed E-state index contributed by atoms with van der Waals surface area (Å²) >= 11 is 0. The Balaban J connectivity index is 1.65. The first-order valence-electron chi connectivity index (χ1n) is 10.8. The highest BCUT2D eigenvalue weighted by molar-refractivity contribution is 6.07. The molecule has 1 unspecified atom stereocenters. The Hall–Kier alpha value is -4.24. The number of hydrogen-bond donors (Lipinski definition) is 3. The van der Waals surface area contributed by atoms with Gasteiger partial charge in [0.25, 0.3) is 5.69 Å². The smallest absolute Gasteiger partial charge is 0.411 e. The van der Waals surface area contributed by atoms with Gasteiger partial charge in [0.1, 0.15) is 0 Å². The van der Waals surface area contributed by atoms with Crippen molar-refractivity contribution in [2.24, 2.45) is 5.92 Å². The molecule has 1 aromatic heterocycles. The van der Waals surface area contributed by atoms with Gasteiger partial charge in [-0.3, -0.25) is 15.4 Å². The summed E-state index contributed by atoms with van der Waals surface area (Å²) in [5.74, 6) is 0.217. The van der Waals surface area contributed by atoms with Gasteiger partial charge in [0.2, 0.25) is 0 Å². The number of rotatable bonds is 7. The van der Waals surface area contributed by atoms with Crippen LogP contribution >= 0.6 is 0 Å². The van der Waals surface area contributed by atoms with Gasteiger partial charge in [-0.05, 0) is 30.2 Å². The summed E-state index contributed by atoms with van der Waals surface area (Å²) in [7, 11) is 0. The number of non-ortho nitro benzene ring substituents is 1. The van der Waals surface area contributed by atoms with Crippen molar-refractivity contribution < 1.29 is 19.6 Å². The highest BCUT2D eigenvalue weighted by Gasteiger charge is 2.17. The van der Waals surface area contributed by atoms with Crippen LogP contribution in [-0.4, -0.2) is 27.7 Å². The monoisotopic (exact) mass is 460 g/mol. The molecule has 0 aliphatic rings. The molecule has 0 aliphatic carbocycles. The number of para-hydroxylation sites is 1. The highest BCUT2D eigenvalue weighted by Crippen LogP contribution is 2.34. The van der Waals surface area contributed by atoms with E-state index in [1.165, 1.54) is 12.1 Å². The van der Waals surface area contributed by atoms with Crippen molar-refractivity contribution in [3.05, 3.63) is 82.4 Å². The third-order valence-corrected chi connectivity index (χ3v) is 5.15. The minimum absolute atomic E-state index is 0.0649. The molecular weight excluding hydrogens is 436 g/mol. The minimum Gasteiger partial charge on any atom is -0.449 e. The molecular formula is C25H24N4O5. The molecule has 0 fully saturated rings. The average molecular weight is 460 g/mol. The van der Waals surface area contributed by atoms with E-state index in [0.29, 0.717) is 40.0 Å². The van der Waals surface area contributed by atoms with Gasteiger partial charge in [-0.1, -0.05) is 44.2 Å². The van der Waals surface area contributed by atoms with Crippen molar-refractivity contribution in [1.29, 1.82) is 0 Å². The molecule has 34 heavy (non-hydrogen) atoms. The number of hydrogen-bond acceptors (Lipinski definition) is 7. The second kappa shape index (κ2) is 9.72. The molecule has 3 N–H and O–H groups in total. The molecule has 9 nitrogen and oxygen atoms in total. The summed E-state index contributed by atoms with van der Waals surface area (Å²) < 4.78 is 5.14. The van der Waals surface area contributed by atoms with Crippen LogP contribution in [-0.2, 0) is 4.74 Å². The Morgan fingerprint density at radius 2 is 1.82 bits per heavy atom. The number of pyridine rings is 1. The number of aromatic nitrogens is 1. The number of aliphatic hydroxyl groups excluding tert-OH is 1. The van der Waals surface area contributed by atoms with E-state index in [9.17, 15) is 20.0 Å². The van der Waals surface area contributed by atoms with Gasteiger partial charge >= 0.3 is 6.09 Å². The Morgan fingerprint density at radius 1 is 1.06 bits per heavy atom. The lowest BCUT2D eigenvalue weighted by atomic mass is 10.1. The van der Waals surface area contributed by atoms with Crippen molar-refractivity contribution in [3.8, 4) is 0 Å². The zero-order valence-electron chi connectivity index (χ0n) is 18.7. The Kier molecular flexibility index (Phi) is 6.55. The summed E-state index contributed by atoms with van der Waals surface area (Å²) in [6.07, 6.45) is -1.70. The molecule has 0 radical (unpaired) electrons. The van der Waals surface area contributed by atoms with Crippen LogP contribution in [0.25, 0.3) is 21.8 Å². The predicted octanol–water partition coefficient (Wildman–Crippen LogP) is 5.60. The number of benzene rings is 3. The van der Waals surface area contributed by atoms with Gasteiger partial charge in [0.15, 0.2) is 6.23 Å². The molecule has 1 heterocycles. The number of carbonyl (C=O) groups is 1. The maximum atomic E-state index is 12.0. The predicted molar refractivity (Wildman–Crippen MR) is 131 cm³/mol. The molecule has 0 saturated heterocycles. The first-order chi connectivity index (χ1) is 16.3. The van der Waals surface area contributed by atoms with Crippen LogP contribution in [0.4, 0.5) is 21.9 Å². The highest BCUT2D eigenvalue weighted by atomic mass is 16.6. The number of fused-ring (bicyclic) bond motifs is 2. The summed E-state index contributed by atoms with van der Waals surface area (Å²) in [6, 6.07) is 18.6. The number of nitro benzene ring substituents is 1. The number of ether oxygens (including phenoxy) is 1. The minimum atomic E-state index is -1.13. The molecule has 174 valence electrons. The SMILES string of the molecule is CC(C)COC(=O)Nc1cccc(C(O)Nc2c3ccccc3nc3cc([N+](=O)[O-])ccc23)c1. The fourth-order valence-corrected chi connectivity index (χ4v) is 3.55. The Labute approximate surface area is 195 Å². The van der Waals surface area contributed by atoms with Crippen LogP contribution in [0.15, 0.2) is 66.7 Å². The van der Waals surface area contributed by atoms with Gasteiger partial charge in [-0.2, -0.15) is 0 Å². The molecule has 0 spiro atoms. The molecule has 1 atom stereocenters. The van der Waals surface area contributed by atoms with Crippen molar-refractivity contribution in [2.45, 2.75) is 20.1 Å². The number of nitrogens with one attached hydrogen (secondary N) is 2. The van der Waals surface area contributed by atoms with Crippen molar-refractivity contribution in [2.75, 3.05) is 17.2 Å². The first-order valence-corrected chi connectivity index (χ1v) is 10.8. The van der Waals surface area contributed by atoms with Gasteiger partial charge in [0, 0.05) is 34.2 Å². The number of anilines is 2. The van der Waals surface area contributed by atoms with E-state index in [1.807, 2.05) is 32.0 Å². The summed E-state index contributed by atoms with van der Waals surface area (Å²) in [6.45, 7) is 4.19. The van der Waals surface area contributed by atoms with Crippen LogP contribution in [0.1, 0.15) is 25.6 Å². The quantitative estimate of drug-likeness (QED) is 0.142. The lowest BCUT2D eigenvalue weighted by Crippen LogP contribution is -2.17. The van der Waals surface area contributed by atoms with Gasteiger partial charge in [0.05, 0.1) is 28.3 Å². The maximum absolute atomic E-state index is 12.0. The van der Waals surface area contributed by atoms with E-state index in [4.69, 9.17) is 4.74 Å². The van der Waals surface area contributed by atoms with Crippen LogP contribution in [0, 0.1) is 16.0 Å². The van der Waals surface area contributed by atoms with Crippen LogP contribution in [0.5, 0.6) is 0 Å². The first kappa shape index (κ1) is 22.9. The third kappa shape index (κ3) is 5.05. The summed E-state index contributed by atoms with van der Waals surface area (Å²) in [4.78, 5) is 27.3. The van der Waals surface area contributed by atoms with Crippen LogP contribution in [0.3, 0.4) is 0 Å². The molecule has 9 heteroatoms. The molecule has 3 aromatic carbocycles. The van der Waals surface area contributed by atoms with E-state index in [0.717, 1.165) is 5.39 Å². The van der Waals surface area contributed by atoms with E-state index in [2.05, 4.69) is 15.6 Å². The third-order valence-electron chi connectivity index (χ3n) is 5.15.